The summed E-state index contributed by atoms with van der Waals surface area (Å²) in [4.78, 5) is 33.0. The molecule has 0 radical (unpaired) electrons. The number of benzene rings is 1. The lowest BCUT2D eigenvalue weighted by Gasteiger charge is -2.23. The summed E-state index contributed by atoms with van der Waals surface area (Å²) in [5.41, 5.74) is 2.45. The molecule has 5 heteroatoms. The highest BCUT2D eigenvalue weighted by atomic mass is 16.2. The van der Waals surface area contributed by atoms with E-state index in [1.54, 1.807) is 0 Å². The van der Waals surface area contributed by atoms with E-state index in [2.05, 4.69) is 10.3 Å². The molecular weight excluding hydrogens is 350 g/mol. The molecule has 0 saturated heterocycles. The van der Waals surface area contributed by atoms with Gasteiger partial charge in [-0.1, -0.05) is 49.6 Å². The highest BCUT2D eigenvalue weighted by Crippen LogP contribution is 2.25. The van der Waals surface area contributed by atoms with Crippen molar-refractivity contribution in [3.8, 4) is 11.4 Å². The molecule has 4 rings (SSSR count). The van der Waals surface area contributed by atoms with Crippen molar-refractivity contribution in [2.24, 2.45) is 11.8 Å². The third-order valence-corrected chi connectivity index (χ3v) is 6.28. The Hall–Kier alpha value is -2.43. The number of nitrogens with one attached hydrogen (secondary N) is 2. The first-order chi connectivity index (χ1) is 13.7. The molecule has 28 heavy (non-hydrogen) atoms. The van der Waals surface area contributed by atoms with Crippen molar-refractivity contribution < 1.29 is 4.79 Å². The summed E-state index contributed by atoms with van der Waals surface area (Å²) >= 11 is 0. The number of rotatable bonds is 4. The zero-order valence-corrected chi connectivity index (χ0v) is 16.4. The summed E-state index contributed by atoms with van der Waals surface area (Å²) in [6.07, 6.45) is 9.16. The first-order valence-corrected chi connectivity index (χ1v) is 10.7. The Morgan fingerprint density at radius 2 is 1.79 bits per heavy atom. The van der Waals surface area contributed by atoms with Crippen LogP contribution in [0.25, 0.3) is 11.4 Å². The van der Waals surface area contributed by atoms with Crippen LogP contribution in [0.4, 0.5) is 0 Å². The molecule has 2 aliphatic carbocycles. The van der Waals surface area contributed by atoms with Gasteiger partial charge in [0.1, 0.15) is 5.82 Å². The fraction of sp³-hybridized carbons (Fsp3) is 0.522. The fourth-order valence-electron chi connectivity index (χ4n) is 4.56. The van der Waals surface area contributed by atoms with Gasteiger partial charge in [-0.2, -0.15) is 0 Å². The van der Waals surface area contributed by atoms with Gasteiger partial charge in [-0.15, -0.1) is 0 Å². The Balaban J connectivity index is 1.42. The number of aryl methyl sites for hydroxylation is 1. The Morgan fingerprint density at radius 3 is 2.57 bits per heavy atom. The smallest absolute Gasteiger partial charge is 0.254 e. The molecule has 0 bridgehead atoms. The van der Waals surface area contributed by atoms with E-state index in [0.717, 1.165) is 36.2 Å². The number of hydrogen-bond donors (Lipinski definition) is 2. The van der Waals surface area contributed by atoms with Crippen molar-refractivity contribution in [2.75, 3.05) is 6.54 Å². The topological polar surface area (TPSA) is 74.8 Å². The van der Waals surface area contributed by atoms with Crippen LogP contribution < -0.4 is 10.9 Å². The average molecular weight is 380 g/mol. The number of aromatic nitrogens is 2. The van der Waals surface area contributed by atoms with Gasteiger partial charge >= 0.3 is 0 Å². The summed E-state index contributed by atoms with van der Waals surface area (Å²) in [6.45, 7) is 0.805. The summed E-state index contributed by atoms with van der Waals surface area (Å²) < 4.78 is 0. The molecule has 1 heterocycles. The van der Waals surface area contributed by atoms with E-state index >= 15 is 0 Å². The predicted octanol–water partition coefficient (Wildman–Crippen LogP) is 3.63. The van der Waals surface area contributed by atoms with Crippen LogP contribution in [0.15, 0.2) is 35.1 Å². The minimum absolute atomic E-state index is 0.0302. The third kappa shape index (κ3) is 4.34. The summed E-state index contributed by atoms with van der Waals surface area (Å²) in [7, 11) is 0. The SMILES string of the molecule is O=C(NCC1CCCCC1)C1CCc2nc(-c3ccccc3)[nH]c(=O)c2CC1. The summed E-state index contributed by atoms with van der Waals surface area (Å²) in [6, 6.07) is 9.72. The van der Waals surface area contributed by atoms with E-state index in [-0.39, 0.29) is 17.4 Å². The second kappa shape index (κ2) is 8.72. The quantitative estimate of drug-likeness (QED) is 0.797. The van der Waals surface area contributed by atoms with E-state index in [9.17, 15) is 9.59 Å². The number of fused-ring (bicyclic) bond motifs is 1. The minimum Gasteiger partial charge on any atom is -0.356 e. The zero-order valence-electron chi connectivity index (χ0n) is 16.4. The van der Waals surface area contributed by atoms with E-state index < -0.39 is 0 Å². The number of aromatic amines is 1. The van der Waals surface area contributed by atoms with Crippen LogP contribution in [0, 0.1) is 11.8 Å². The maximum absolute atomic E-state index is 12.7. The number of amides is 1. The molecule has 0 aliphatic heterocycles. The van der Waals surface area contributed by atoms with Crippen LogP contribution in [-0.2, 0) is 17.6 Å². The van der Waals surface area contributed by atoms with Gasteiger partial charge < -0.3 is 10.3 Å². The molecule has 1 saturated carbocycles. The van der Waals surface area contributed by atoms with Crippen molar-refractivity contribution in [2.45, 2.75) is 57.8 Å². The van der Waals surface area contributed by atoms with Gasteiger partial charge in [0.25, 0.3) is 5.56 Å². The number of carbonyl (C=O) groups excluding carboxylic acids is 1. The molecular formula is C23H29N3O2. The van der Waals surface area contributed by atoms with Gasteiger partial charge in [0.15, 0.2) is 0 Å². The maximum Gasteiger partial charge on any atom is 0.254 e. The summed E-state index contributed by atoms with van der Waals surface area (Å²) in [5, 5.41) is 3.18. The molecule has 148 valence electrons. The molecule has 2 aliphatic rings. The van der Waals surface area contributed by atoms with E-state index in [4.69, 9.17) is 4.98 Å². The van der Waals surface area contributed by atoms with Gasteiger partial charge in [0.2, 0.25) is 5.91 Å². The van der Waals surface area contributed by atoms with Crippen molar-refractivity contribution in [1.29, 1.82) is 0 Å². The van der Waals surface area contributed by atoms with E-state index in [1.165, 1.54) is 32.1 Å². The largest absolute Gasteiger partial charge is 0.356 e. The molecule has 1 aromatic carbocycles. The Bertz CT molecular complexity index is 869. The van der Waals surface area contributed by atoms with Crippen LogP contribution >= 0.6 is 0 Å². The molecule has 2 N–H and O–H groups in total. The molecule has 2 aromatic rings. The molecule has 1 fully saturated rings. The fourth-order valence-corrected chi connectivity index (χ4v) is 4.56. The average Bonchev–Trinajstić information content (AvgIpc) is 2.96. The molecule has 5 nitrogen and oxygen atoms in total. The van der Waals surface area contributed by atoms with Crippen molar-refractivity contribution in [1.82, 2.24) is 15.3 Å². The lowest BCUT2D eigenvalue weighted by molar-refractivity contribution is -0.125. The number of H-pyrrole nitrogens is 1. The molecule has 1 aromatic heterocycles. The molecule has 1 amide bonds. The Morgan fingerprint density at radius 1 is 1.04 bits per heavy atom. The standard InChI is InChI=1S/C23H29N3O2/c27-22(24-15-16-7-3-1-4-8-16)18-11-13-19-20(14-12-18)25-21(26-23(19)28)17-9-5-2-6-10-17/h2,5-6,9-10,16,18H,1,3-4,7-8,11-15H2,(H,24,27)(H,25,26,28). The highest BCUT2D eigenvalue weighted by Gasteiger charge is 2.25. The first-order valence-electron chi connectivity index (χ1n) is 10.7. The highest BCUT2D eigenvalue weighted by molar-refractivity contribution is 5.78. The van der Waals surface area contributed by atoms with E-state index in [1.807, 2.05) is 30.3 Å². The molecule has 1 atom stereocenters. The summed E-state index contributed by atoms with van der Waals surface area (Å²) in [5.74, 6) is 1.37. The first kappa shape index (κ1) is 18.9. The van der Waals surface area contributed by atoms with Crippen LogP contribution in [0.2, 0.25) is 0 Å². The molecule has 1 unspecified atom stereocenters. The lowest BCUT2D eigenvalue weighted by Crippen LogP contribution is -2.35. The Kier molecular flexibility index (Phi) is 5.89. The van der Waals surface area contributed by atoms with Gasteiger partial charge in [-0.3, -0.25) is 9.59 Å². The third-order valence-electron chi connectivity index (χ3n) is 6.28. The van der Waals surface area contributed by atoms with Crippen molar-refractivity contribution in [3.05, 3.63) is 51.9 Å². The Labute approximate surface area is 166 Å². The van der Waals surface area contributed by atoms with Crippen molar-refractivity contribution >= 4 is 5.91 Å². The zero-order chi connectivity index (χ0) is 19.3. The monoisotopic (exact) mass is 379 g/mol. The lowest BCUT2D eigenvalue weighted by atomic mass is 9.89. The van der Waals surface area contributed by atoms with Gasteiger partial charge in [-0.05, 0) is 44.4 Å². The van der Waals surface area contributed by atoms with Crippen LogP contribution in [-0.4, -0.2) is 22.4 Å². The van der Waals surface area contributed by atoms with Gasteiger partial charge in [0.05, 0.1) is 5.69 Å². The van der Waals surface area contributed by atoms with Crippen LogP contribution in [0.3, 0.4) is 0 Å². The van der Waals surface area contributed by atoms with Gasteiger partial charge in [0, 0.05) is 23.6 Å². The van der Waals surface area contributed by atoms with Crippen molar-refractivity contribution in [3.63, 3.8) is 0 Å². The predicted molar refractivity (Wildman–Crippen MR) is 110 cm³/mol. The normalized spacial score (nSPS) is 20.2. The van der Waals surface area contributed by atoms with Gasteiger partial charge in [-0.25, -0.2) is 4.98 Å². The van der Waals surface area contributed by atoms with E-state index in [0.29, 0.717) is 24.6 Å². The number of carbonyl (C=O) groups is 1. The second-order valence-corrected chi connectivity index (χ2v) is 8.23. The van der Waals surface area contributed by atoms with Crippen LogP contribution in [0.5, 0.6) is 0 Å². The maximum atomic E-state index is 12.7. The van der Waals surface area contributed by atoms with Crippen LogP contribution in [0.1, 0.15) is 56.2 Å². The number of hydrogen-bond acceptors (Lipinski definition) is 3. The minimum atomic E-state index is -0.0629. The molecule has 0 spiro atoms. The number of nitrogens with zero attached hydrogens (tertiary/aromatic N) is 1. The second-order valence-electron chi connectivity index (χ2n) is 8.23.